The topological polar surface area (TPSA) is 45.2 Å². The van der Waals surface area contributed by atoms with E-state index < -0.39 is 0 Å². The third-order valence-corrected chi connectivity index (χ3v) is 6.34. The first kappa shape index (κ1) is 18.2. The highest BCUT2D eigenvalue weighted by Gasteiger charge is 2.50. The molecule has 4 heteroatoms. The maximum atomic E-state index is 12.4. The second kappa shape index (κ2) is 7.43. The fraction of sp³-hybridized carbons (Fsp3) is 0.478. The molecule has 1 aromatic heterocycles. The standard InChI is InChI=1S/C23H29N3O/c1-17-9-8-14-24-19(17)16-26-20(18-10-4-3-5-11-18)15-23(2)21(26)12-6-7-13-22(27)25-23/h3-5,8-11,14,20-21H,6-7,12-13,15-16H2,1-2H3,(H,25,27)/t20-,21-,23-/m0/s1. The number of nitrogens with one attached hydrogen (secondary N) is 1. The SMILES string of the molecule is Cc1cccnc1CN1[C@H]2CCCCC(=O)N[C@@]2(C)C[C@H]1c1ccccc1. The van der Waals surface area contributed by atoms with Crippen molar-refractivity contribution in [1.82, 2.24) is 15.2 Å². The van der Waals surface area contributed by atoms with Gasteiger partial charge in [0.1, 0.15) is 0 Å². The number of amides is 1. The van der Waals surface area contributed by atoms with E-state index in [2.05, 4.69) is 65.4 Å². The minimum absolute atomic E-state index is 0.194. The molecule has 0 saturated carbocycles. The van der Waals surface area contributed by atoms with Crippen molar-refractivity contribution in [3.05, 3.63) is 65.5 Å². The molecular weight excluding hydrogens is 334 g/mol. The Morgan fingerprint density at radius 2 is 2.00 bits per heavy atom. The number of hydrogen-bond donors (Lipinski definition) is 1. The van der Waals surface area contributed by atoms with Gasteiger partial charge in [-0.3, -0.25) is 14.7 Å². The number of aryl methyl sites for hydroxylation is 1. The summed E-state index contributed by atoms with van der Waals surface area (Å²) in [6.07, 6.45) is 6.68. The minimum atomic E-state index is -0.194. The second-order valence-corrected chi connectivity index (χ2v) is 8.30. The summed E-state index contributed by atoms with van der Waals surface area (Å²) in [5, 5.41) is 3.39. The van der Waals surface area contributed by atoms with E-state index in [1.54, 1.807) is 0 Å². The van der Waals surface area contributed by atoms with Gasteiger partial charge >= 0.3 is 0 Å². The predicted molar refractivity (Wildman–Crippen MR) is 107 cm³/mol. The van der Waals surface area contributed by atoms with Crippen LogP contribution in [0, 0.1) is 6.92 Å². The molecule has 4 nitrogen and oxygen atoms in total. The van der Waals surface area contributed by atoms with E-state index >= 15 is 0 Å². The molecular formula is C23H29N3O. The molecule has 2 aliphatic rings. The maximum Gasteiger partial charge on any atom is 0.220 e. The Balaban J connectivity index is 1.72. The van der Waals surface area contributed by atoms with Gasteiger partial charge in [-0.25, -0.2) is 0 Å². The maximum absolute atomic E-state index is 12.4. The zero-order valence-corrected chi connectivity index (χ0v) is 16.3. The summed E-state index contributed by atoms with van der Waals surface area (Å²) < 4.78 is 0. The molecule has 0 aliphatic carbocycles. The summed E-state index contributed by atoms with van der Waals surface area (Å²) in [5.74, 6) is 0.199. The van der Waals surface area contributed by atoms with Gasteiger partial charge in [0.25, 0.3) is 0 Å². The monoisotopic (exact) mass is 363 g/mol. The van der Waals surface area contributed by atoms with Gasteiger partial charge in [-0.1, -0.05) is 42.8 Å². The molecule has 2 aromatic rings. The number of rotatable bonds is 3. The minimum Gasteiger partial charge on any atom is -0.349 e. The highest BCUT2D eigenvalue weighted by molar-refractivity contribution is 5.77. The molecule has 4 rings (SSSR count). The Hall–Kier alpha value is -2.20. The van der Waals surface area contributed by atoms with Gasteiger partial charge in [0, 0.05) is 31.2 Å². The Morgan fingerprint density at radius 3 is 2.78 bits per heavy atom. The number of nitrogens with zero attached hydrogens (tertiary/aromatic N) is 2. The summed E-state index contributed by atoms with van der Waals surface area (Å²) in [6.45, 7) is 5.19. The molecule has 2 aliphatic heterocycles. The van der Waals surface area contributed by atoms with Crippen molar-refractivity contribution in [3.8, 4) is 0 Å². The lowest BCUT2D eigenvalue weighted by atomic mass is 9.85. The average Bonchev–Trinajstić information content (AvgIpc) is 2.91. The van der Waals surface area contributed by atoms with Crippen LogP contribution in [0.15, 0.2) is 48.7 Å². The van der Waals surface area contributed by atoms with Crippen LogP contribution in [0.5, 0.6) is 0 Å². The molecule has 0 bridgehead atoms. The Bertz CT molecular complexity index is 806. The largest absolute Gasteiger partial charge is 0.349 e. The van der Waals surface area contributed by atoms with Crippen LogP contribution in [0.25, 0.3) is 0 Å². The molecule has 1 aromatic carbocycles. The molecule has 0 spiro atoms. The van der Waals surface area contributed by atoms with Crippen LogP contribution in [0.2, 0.25) is 0 Å². The lowest BCUT2D eigenvalue weighted by Gasteiger charge is -2.38. The Labute approximate surface area is 162 Å². The van der Waals surface area contributed by atoms with Crippen molar-refractivity contribution in [3.63, 3.8) is 0 Å². The molecule has 1 N–H and O–H groups in total. The van der Waals surface area contributed by atoms with E-state index in [4.69, 9.17) is 0 Å². The Kier molecular flexibility index (Phi) is 5.00. The van der Waals surface area contributed by atoms with Gasteiger partial charge < -0.3 is 5.32 Å². The van der Waals surface area contributed by atoms with Crippen molar-refractivity contribution in [2.75, 3.05) is 0 Å². The van der Waals surface area contributed by atoms with Gasteiger partial charge in [0.15, 0.2) is 0 Å². The molecule has 142 valence electrons. The molecule has 27 heavy (non-hydrogen) atoms. The normalized spacial score (nSPS) is 28.9. The number of carbonyl (C=O) groups is 1. The second-order valence-electron chi connectivity index (χ2n) is 8.30. The first-order chi connectivity index (χ1) is 13.1. The number of hydrogen-bond acceptors (Lipinski definition) is 3. The smallest absolute Gasteiger partial charge is 0.220 e. The average molecular weight is 364 g/mol. The first-order valence-electron chi connectivity index (χ1n) is 10.1. The van der Waals surface area contributed by atoms with E-state index in [0.29, 0.717) is 18.5 Å². The van der Waals surface area contributed by atoms with Crippen LogP contribution in [-0.2, 0) is 11.3 Å². The van der Waals surface area contributed by atoms with E-state index in [1.807, 2.05) is 12.3 Å². The molecule has 0 unspecified atom stereocenters. The van der Waals surface area contributed by atoms with E-state index in [0.717, 1.165) is 37.9 Å². The van der Waals surface area contributed by atoms with Gasteiger partial charge in [-0.05, 0) is 50.3 Å². The number of fused-ring (bicyclic) bond motifs is 1. The van der Waals surface area contributed by atoms with Crippen LogP contribution in [0.3, 0.4) is 0 Å². The van der Waals surface area contributed by atoms with Gasteiger partial charge in [-0.15, -0.1) is 0 Å². The van der Waals surface area contributed by atoms with Gasteiger partial charge in [-0.2, -0.15) is 0 Å². The van der Waals surface area contributed by atoms with Crippen molar-refractivity contribution in [2.24, 2.45) is 0 Å². The molecule has 1 amide bonds. The van der Waals surface area contributed by atoms with E-state index in [9.17, 15) is 4.79 Å². The summed E-state index contributed by atoms with van der Waals surface area (Å²) >= 11 is 0. The third kappa shape index (κ3) is 3.63. The fourth-order valence-electron chi connectivity index (χ4n) is 4.92. The molecule has 3 atom stereocenters. The highest BCUT2D eigenvalue weighted by Crippen LogP contribution is 2.45. The molecule has 3 heterocycles. The van der Waals surface area contributed by atoms with Crippen LogP contribution in [0.1, 0.15) is 61.9 Å². The first-order valence-corrected chi connectivity index (χ1v) is 10.1. The summed E-state index contributed by atoms with van der Waals surface area (Å²) in [4.78, 5) is 19.7. The van der Waals surface area contributed by atoms with E-state index in [-0.39, 0.29) is 11.4 Å². The summed E-state index contributed by atoms with van der Waals surface area (Å²) in [6, 6.07) is 15.5. The predicted octanol–water partition coefficient (Wildman–Crippen LogP) is 4.15. The number of likely N-dealkylation sites (tertiary alicyclic amines) is 1. The van der Waals surface area contributed by atoms with E-state index in [1.165, 1.54) is 11.1 Å². The zero-order valence-electron chi connectivity index (χ0n) is 16.3. The molecule has 2 saturated heterocycles. The quantitative estimate of drug-likeness (QED) is 0.891. The number of pyridine rings is 1. The molecule has 0 radical (unpaired) electrons. The molecule has 2 fully saturated rings. The zero-order chi connectivity index (χ0) is 18.9. The number of benzene rings is 1. The van der Waals surface area contributed by atoms with Crippen LogP contribution < -0.4 is 5.32 Å². The lowest BCUT2D eigenvalue weighted by Crippen LogP contribution is -2.55. The van der Waals surface area contributed by atoms with Crippen molar-refractivity contribution in [1.29, 1.82) is 0 Å². The van der Waals surface area contributed by atoms with Gasteiger partial charge in [0.05, 0.1) is 11.2 Å². The van der Waals surface area contributed by atoms with Crippen LogP contribution >= 0.6 is 0 Å². The number of aromatic nitrogens is 1. The highest BCUT2D eigenvalue weighted by atomic mass is 16.1. The summed E-state index contributed by atoms with van der Waals surface area (Å²) in [5.41, 5.74) is 3.50. The Morgan fingerprint density at radius 1 is 1.19 bits per heavy atom. The number of carbonyl (C=O) groups excluding carboxylic acids is 1. The lowest BCUT2D eigenvalue weighted by molar-refractivity contribution is -0.123. The fourth-order valence-corrected chi connectivity index (χ4v) is 4.92. The van der Waals surface area contributed by atoms with Gasteiger partial charge in [0.2, 0.25) is 5.91 Å². The van der Waals surface area contributed by atoms with Crippen molar-refractivity contribution >= 4 is 5.91 Å². The summed E-state index contributed by atoms with van der Waals surface area (Å²) in [7, 11) is 0. The van der Waals surface area contributed by atoms with Crippen LogP contribution in [0.4, 0.5) is 0 Å². The van der Waals surface area contributed by atoms with Crippen LogP contribution in [-0.4, -0.2) is 27.4 Å². The van der Waals surface area contributed by atoms with Crippen molar-refractivity contribution in [2.45, 2.75) is 70.1 Å². The third-order valence-electron chi connectivity index (χ3n) is 6.34. The van der Waals surface area contributed by atoms with Crippen molar-refractivity contribution < 1.29 is 4.79 Å².